The second kappa shape index (κ2) is 9.20. The highest BCUT2D eigenvalue weighted by molar-refractivity contribution is 7.80. The Kier molecular flexibility index (Phi) is 6.46. The van der Waals surface area contributed by atoms with Gasteiger partial charge in [0.15, 0.2) is 5.11 Å². The van der Waals surface area contributed by atoms with Crippen LogP contribution in [0.2, 0.25) is 0 Å². The van der Waals surface area contributed by atoms with E-state index < -0.39 is 11.5 Å². The Bertz CT molecular complexity index is 1080. The number of carbonyl (C=O) groups excluding carboxylic acids is 1. The van der Waals surface area contributed by atoms with Crippen molar-refractivity contribution in [2.24, 2.45) is 0 Å². The number of rotatable bonds is 5. The molecule has 2 aromatic carbocycles. The molecular weight excluding hydrogens is 388 g/mol. The number of hydrogen-bond donors (Lipinski definition) is 3. The Labute approximate surface area is 173 Å². The predicted octanol–water partition coefficient (Wildman–Crippen LogP) is 3.27. The Morgan fingerprint density at radius 3 is 2.45 bits per heavy atom. The Hall–Kier alpha value is -3.39. The van der Waals surface area contributed by atoms with E-state index in [0.717, 1.165) is 24.5 Å². The first kappa shape index (κ1) is 20.3. The van der Waals surface area contributed by atoms with Gasteiger partial charge in [-0.3, -0.25) is 15.6 Å². The van der Waals surface area contributed by atoms with Gasteiger partial charge >= 0.3 is 5.63 Å². The van der Waals surface area contributed by atoms with Crippen LogP contribution in [0.1, 0.15) is 24.2 Å². The number of nitrogens with zero attached hydrogens (tertiary/aromatic N) is 1. The largest absolute Gasteiger partial charge is 0.422 e. The topological polar surface area (TPSA) is 86.6 Å². The van der Waals surface area contributed by atoms with Crippen LogP contribution >= 0.6 is 12.2 Å². The normalized spacial score (nSPS) is 10.4. The molecule has 0 aliphatic heterocycles. The molecule has 3 N–H and O–H groups in total. The molecule has 0 saturated heterocycles. The van der Waals surface area contributed by atoms with Crippen molar-refractivity contribution in [2.45, 2.75) is 13.8 Å². The molecule has 0 aliphatic carbocycles. The summed E-state index contributed by atoms with van der Waals surface area (Å²) < 4.78 is 5.38. The first-order chi connectivity index (χ1) is 14.0. The van der Waals surface area contributed by atoms with Crippen molar-refractivity contribution in [1.29, 1.82) is 0 Å². The fourth-order valence-corrected chi connectivity index (χ4v) is 3.08. The molecule has 29 heavy (non-hydrogen) atoms. The van der Waals surface area contributed by atoms with Gasteiger partial charge in [0, 0.05) is 35.9 Å². The van der Waals surface area contributed by atoms with Crippen LogP contribution in [0.3, 0.4) is 0 Å². The van der Waals surface area contributed by atoms with Gasteiger partial charge in [-0.2, -0.15) is 0 Å². The first-order valence-electron chi connectivity index (χ1n) is 9.27. The monoisotopic (exact) mass is 410 g/mol. The van der Waals surface area contributed by atoms with Crippen molar-refractivity contribution in [3.63, 3.8) is 0 Å². The molecule has 8 heteroatoms. The van der Waals surface area contributed by atoms with Gasteiger partial charge in [-0.1, -0.05) is 18.2 Å². The number of carbonyl (C=O) groups is 1. The van der Waals surface area contributed by atoms with Gasteiger partial charge in [0.2, 0.25) is 0 Å². The number of thiocarbonyl (C=S) groups is 1. The molecule has 7 nitrogen and oxygen atoms in total. The summed E-state index contributed by atoms with van der Waals surface area (Å²) in [6.07, 6.45) is 0. The Morgan fingerprint density at radius 1 is 1.03 bits per heavy atom. The highest BCUT2D eigenvalue weighted by Gasteiger charge is 2.15. The van der Waals surface area contributed by atoms with Crippen molar-refractivity contribution in [3.8, 4) is 0 Å². The number of hydrogen-bond acceptors (Lipinski definition) is 5. The van der Waals surface area contributed by atoms with Gasteiger partial charge in [0.25, 0.3) is 5.91 Å². The standard InChI is InChI=1S/C21H22N4O3S/c1-3-25(4-2)16-11-10-14-12-17(20(27)28-18(14)13-16)19(26)23-24-21(29)22-15-8-6-5-7-9-15/h5-13H,3-4H2,1-2H3,(H,23,26)(H2,22,24,29). The fraction of sp³-hybridized carbons (Fsp3) is 0.190. The van der Waals surface area contributed by atoms with Crippen molar-refractivity contribution in [2.75, 3.05) is 23.3 Å². The molecule has 0 radical (unpaired) electrons. The van der Waals surface area contributed by atoms with E-state index in [1.165, 1.54) is 6.07 Å². The summed E-state index contributed by atoms with van der Waals surface area (Å²) in [5.41, 5.74) is 6.34. The second-order valence-corrected chi connectivity index (χ2v) is 6.65. The molecule has 0 saturated carbocycles. The maximum absolute atomic E-state index is 12.4. The summed E-state index contributed by atoms with van der Waals surface area (Å²) in [6.45, 7) is 5.80. The van der Waals surface area contributed by atoms with Crippen LogP contribution in [0.15, 0.2) is 63.8 Å². The van der Waals surface area contributed by atoms with Gasteiger partial charge < -0.3 is 14.6 Å². The molecule has 0 spiro atoms. The van der Waals surface area contributed by atoms with E-state index in [1.807, 2.05) is 48.5 Å². The lowest BCUT2D eigenvalue weighted by Gasteiger charge is -2.21. The molecule has 1 aromatic heterocycles. The molecule has 3 rings (SSSR count). The molecule has 0 unspecified atom stereocenters. The number of para-hydroxylation sites is 1. The van der Waals surface area contributed by atoms with Crippen LogP contribution in [0.25, 0.3) is 11.0 Å². The van der Waals surface area contributed by atoms with E-state index >= 15 is 0 Å². The van der Waals surface area contributed by atoms with E-state index in [9.17, 15) is 9.59 Å². The smallest absolute Gasteiger partial charge is 0.349 e. The molecule has 0 fully saturated rings. The second-order valence-electron chi connectivity index (χ2n) is 6.24. The summed E-state index contributed by atoms with van der Waals surface area (Å²) in [5, 5.41) is 3.78. The minimum atomic E-state index is -0.713. The van der Waals surface area contributed by atoms with Crippen LogP contribution in [-0.2, 0) is 0 Å². The average Bonchev–Trinajstić information content (AvgIpc) is 2.73. The molecule has 0 atom stereocenters. The molecule has 3 aromatic rings. The van der Waals surface area contributed by atoms with Crippen molar-refractivity contribution in [3.05, 3.63) is 70.6 Å². The molecule has 0 bridgehead atoms. The van der Waals surface area contributed by atoms with Gasteiger partial charge in [0.1, 0.15) is 11.1 Å². The quantitative estimate of drug-likeness (QED) is 0.338. The molecule has 150 valence electrons. The lowest BCUT2D eigenvalue weighted by atomic mass is 10.1. The summed E-state index contributed by atoms with van der Waals surface area (Å²) in [6, 6.07) is 16.4. The van der Waals surface area contributed by atoms with Crippen molar-refractivity contribution >= 4 is 45.6 Å². The number of anilines is 2. The lowest BCUT2D eigenvalue weighted by Crippen LogP contribution is -2.44. The summed E-state index contributed by atoms with van der Waals surface area (Å²) >= 11 is 5.13. The van der Waals surface area contributed by atoms with Gasteiger partial charge in [-0.15, -0.1) is 0 Å². The van der Waals surface area contributed by atoms with Crippen LogP contribution in [-0.4, -0.2) is 24.1 Å². The predicted molar refractivity (Wildman–Crippen MR) is 119 cm³/mol. The minimum absolute atomic E-state index is 0.108. The Morgan fingerprint density at radius 2 is 1.76 bits per heavy atom. The molecule has 1 amide bonds. The van der Waals surface area contributed by atoms with Crippen LogP contribution < -0.4 is 26.7 Å². The number of benzene rings is 2. The number of amides is 1. The third-order valence-electron chi connectivity index (χ3n) is 4.41. The number of nitrogens with one attached hydrogen (secondary N) is 3. The van der Waals surface area contributed by atoms with Crippen molar-refractivity contribution in [1.82, 2.24) is 10.9 Å². The molecule has 1 heterocycles. The van der Waals surface area contributed by atoms with E-state index in [4.69, 9.17) is 16.6 Å². The lowest BCUT2D eigenvalue weighted by molar-refractivity contribution is 0.0940. The number of hydrazine groups is 1. The first-order valence-corrected chi connectivity index (χ1v) is 9.68. The highest BCUT2D eigenvalue weighted by atomic mass is 32.1. The van der Waals surface area contributed by atoms with Crippen LogP contribution in [0, 0.1) is 0 Å². The van der Waals surface area contributed by atoms with E-state index in [0.29, 0.717) is 11.0 Å². The van der Waals surface area contributed by atoms with Crippen LogP contribution in [0.4, 0.5) is 11.4 Å². The zero-order valence-electron chi connectivity index (χ0n) is 16.2. The summed E-state index contributed by atoms with van der Waals surface area (Å²) in [7, 11) is 0. The molecular formula is C21H22N4O3S. The van der Waals surface area contributed by atoms with E-state index in [2.05, 4.69) is 34.9 Å². The van der Waals surface area contributed by atoms with Gasteiger partial charge in [0.05, 0.1) is 0 Å². The van der Waals surface area contributed by atoms with Crippen LogP contribution in [0.5, 0.6) is 0 Å². The zero-order valence-corrected chi connectivity index (χ0v) is 17.0. The third-order valence-corrected chi connectivity index (χ3v) is 4.62. The zero-order chi connectivity index (χ0) is 20.8. The Balaban J connectivity index is 1.72. The van der Waals surface area contributed by atoms with Gasteiger partial charge in [-0.25, -0.2) is 4.79 Å². The maximum atomic E-state index is 12.4. The SMILES string of the molecule is CCN(CC)c1ccc2cc(C(=O)NNC(=S)Nc3ccccc3)c(=O)oc2c1. The summed E-state index contributed by atoms with van der Waals surface area (Å²) in [5.74, 6) is -0.634. The summed E-state index contributed by atoms with van der Waals surface area (Å²) in [4.78, 5) is 26.9. The molecule has 0 aliphatic rings. The highest BCUT2D eigenvalue weighted by Crippen LogP contribution is 2.21. The third kappa shape index (κ3) is 4.91. The van der Waals surface area contributed by atoms with E-state index in [1.54, 1.807) is 0 Å². The number of fused-ring (bicyclic) bond motifs is 1. The minimum Gasteiger partial charge on any atom is -0.422 e. The van der Waals surface area contributed by atoms with Gasteiger partial charge in [-0.05, 0) is 56.4 Å². The van der Waals surface area contributed by atoms with E-state index in [-0.39, 0.29) is 10.7 Å². The average molecular weight is 410 g/mol. The maximum Gasteiger partial charge on any atom is 0.349 e. The fourth-order valence-electron chi connectivity index (χ4n) is 2.91. The van der Waals surface area contributed by atoms with Crippen molar-refractivity contribution < 1.29 is 9.21 Å².